The van der Waals surface area contributed by atoms with Gasteiger partial charge in [-0.15, -0.1) is 0 Å². The average Bonchev–Trinajstić information content (AvgIpc) is 1.73. The topological polar surface area (TPSA) is 341 Å². The molecule has 15 aromatic rings. The van der Waals surface area contributed by atoms with Crippen LogP contribution in [0.4, 0.5) is 23.1 Å². The van der Waals surface area contributed by atoms with Gasteiger partial charge in [-0.25, -0.2) is 74.2 Å². The number of methoxy groups -OCH3 is 1. The van der Waals surface area contributed by atoms with Gasteiger partial charge in [0.2, 0.25) is 5.88 Å². The Bertz CT molecular complexity index is 5130. The highest BCUT2D eigenvalue weighted by atomic mass is 16.5. The fourth-order valence-corrected chi connectivity index (χ4v) is 10.7. The maximum atomic E-state index is 5.76. The molecule has 0 bridgehead atoms. The van der Waals surface area contributed by atoms with Crippen molar-refractivity contribution in [2.24, 2.45) is 35.2 Å². The lowest BCUT2D eigenvalue weighted by molar-refractivity contribution is 0.402. The van der Waals surface area contributed by atoms with Gasteiger partial charge in [-0.05, 0) is 172 Å². The van der Waals surface area contributed by atoms with Gasteiger partial charge in [0.15, 0.2) is 51.1 Å². The van der Waals surface area contributed by atoms with Gasteiger partial charge in [0.1, 0.15) is 34.5 Å². The number of pyridine rings is 4. The molecule has 0 atom stereocenters. The number of nitrogens with zero attached hydrogens (tertiary/aromatic N) is 22. The number of hydrogen-bond acceptors (Lipinski definition) is 20. The summed E-state index contributed by atoms with van der Waals surface area (Å²) in [4.78, 5) is 53.9. The van der Waals surface area contributed by atoms with Crippen LogP contribution in [-0.4, -0.2) is 114 Å². The normalized spacial score (nSPS) is 10.7. The molecule has 27 heteroatoms. The van der Waals surface area contributed by atoms with Crippen molar-refractivity contribution < 1.29 is 4.74 Å². The molecular formula is C71H94N26O. The number of hydrogen-bond donors (Lipinski definition) is 4. The fourth-order valence-electron chi connectivity index (χ4n) is 10.7. The molecule has 0 aliphatic rings. The number of nitrogens with two attached hydrogens (primary N) is 4. The van der Waals surface area contributed by atoms with Crippen molar-refractivity contribution >= 4 is 101 Å². The molecule has 0 fully saturated rings. The van der Waals surface area contributed by atoms with Crippen LogP contribution in [0.15, 0.2) is 93.0 Å². The van der Waals surface area contributed by atoms with E-state index < -0.39 is 0 Å². The van der Waals surface area contributed by atoms with Crippen molar-refractivity contribution in [1.29, 1.82) is 0 Å². The lowest BCUT2D eigenvalue weighted by Gasteiger charge is -2.06. The lowest BCUT2D eigenvalue weighted by atomic mass is 10.0. The smallest absolute Gasteiger partial charge is 0.241 e. The molecule has 0 aliphatic heterocycles. The summed E-state index contributed by atoms with van der Waals surface area (Å²) in [5.41, 5.74) is 47.9. The van der Waals surface area contributed by atoms with Crippen LogP contribution in [0.5, 0.6) is 5.88 Å². The zero-order chi connectivity index (χ0) is 70.9. The molecule has 15 rings (SSSR count). The lowest BCUT2D eigenvalue weighted by Crippen LogP contribution is -1.98. The highest BCUT2D eigenvalue weighted by Gasteiger charge is 2.13. The molecule has 514 valence electrons. The van der Waals surface area contributed by atoms with Gasteiger partial charge in [0.25, 0.3) is 0 Å². The van der Waals surface area contributed by atoms with Crippen LogP contribution in [0, 0.1) is 90.0 Å². The molecule has 0 saturated carbocycles. The predicted octanol–water partition coefficient (Wildman–Crippen LogP) is 11.8. The van der Waals surface area contributed by atoms with Crippen molar-refractivity contribution in [2.75, 3.05) is 30.0 Å². The average molecular weight is 1330 g/mol. The van der Waals surface area contributed by atoms with E-state index in [1.165, 1.54) is 61.6 Å². The SMILES string of the molecule is C.CCn1nc(C)c2cc(C)cnc21.CCn1ncc2c(C)c(C)cnc21.COc1ncc(C)c2c1ncn2C.Cc1ccc(C)c(C)c1C.Cc1ccc(N)c2ncn(C)c12.Cc1cnc(N)c2ncn(C)c12.Cc1nc(N)c2ncn(C)c2n1.Cc1nc2c(N)ncnc2n1C. The van der Waals surface area contributed by atoms with E-state index in [4.69, 9.17) is 27.7 Å². The molecule has 0 radical (unpaired) electrons. The summed E-state index contributed by atoms with van der Waals surface area (Å²) in [5.74, 6) is 3.51. The molecule has 13 aromatic heterocycles. The fraction of sp³-hybridized carbons (Fsp3) is 0.338. The summed E-state index contributed by atoms with van der Waals surface area (Å²) in [6.45, 7) is 32.6. The third-order valence-electron chi connectivity index (χ3n) is 16.8. The van der Waals surface area contributed by atoms with Gasteiger partial charge in [0.05, 0.1) is 66.5 Å². The second-order valence-corrected chi connectivity index (χ2v) is 23.7. The van der Waals surface area contributed by atoms with Gasteiger partial charge in [0, 0.05) is 83.9 Å². The van der Waals surface area contributed by atoms with Crippen LogP contribution in [0.2, 0.25) is 0 Å². The minimum absolute atomic E-state index is 0. The highest BCUT2D eigenvalue weighted by Crippen LogP contribution is 2.26. The Morgan fingerprint density at radius 1 is 0.418 bits per heavy atom. The van der Waals surface area contributed by atoms with Gasteiger partial charge < -0.3 is 50.5 Å². The molecule has 0 saturated heterocycles. The first-order chi connectivity index (χ1) is 46.1. The number of aryl methyl sites for hydroxylation is 18. The van der Waals surface area contributed by atoms with Crippen LogP contribution >= 0.6 is 0 Å². The maximum Gasteiger partial charge on any atom is 0.241 e. The summed E-state index contributed by atoms with van der Waals surface area (Å²) in [5, 5.41) is 11.0. The molecule has 13 heterocycles. The van der Waals surface area contributed by atoms with E-state index >= 15 is 0 Å². The monoisotopic (exact) mass is 1330 g/mol. The second-order valence-electron chi connectivity index (χ2n) is 23.7. The maximum absolute atomic E-state index is 5.76. The van der Waals surface area contributed by atoms with Gasteiger partial charge in [-0.2, -0.15) is 10.2 Å². The Balaban J connectivity index is 0.000000158. The van der Waals surface area contributed by atoms with Crippen LogP contribution in [-0.2, 0) is 48.3 Å². The number of fused-ring (bicyclic) bond motifs is 7. The first kappa shape index (κ1) is 73.9. The van der Waals surface area contributed by atoms with E-state index in [9.17, 15) is 0 Å². The standard InChI is InChI=1S/2C10H13N3.C10H14.C9H11N3O.C9H11N3.C8H10N4.2C7H9N5.CH4/c1-4-13-10-9(6-12-13)8(3)7(2)5-11-10;1-4-13-10-9(8(3)12-13)5-7(2)6-11-10;1-7-5-6-8(2)10(4)9(7)3;1-6-4-10-9(13-3)7-8(6)12(2)5-11-7;1-6-3-4-7(10)8-9(6)12(2)5-11-8;1-5-3-10-8(9)6-7(5)12(2)4-11-6;1-4-11-5-6(8)9-3-10-7(5)12(4)2;1-4-10-6(8)5-7(11-4)12(2)3-9-5;/h2*5-6H,4H2,1-3H3;5-6H,1-4H3;4-5H,1-3H3;3-5H,10H2,1-2H3;3-4H,1-2H3,(H2,9,10);3H,1-2H3,(H2,8,9,10);3H,1-2H3,(H2,8,10,11);1H4. The minimum Gasteiger partial charge on any atom is -0.479 e. The molecular weight excluding hydrogens is 1230 g/mol. The zero-order valence-electron chi connectivity index (χ0n) is 59.6. The molecule has 0 aliphatic carbocycles. The van der Waals surface area contributed by atoms with Crippen molar-refractivity contribution in [3.63, 3.8) is 0 Å². The number of aromatic nitrogens is 22. The van der Waals surface area contributed by atoms with E-state index in [-0.39, 0.29) is 7.43 Å². The summed E-state index contributed by atoms with van der Waals surface area (Å²) in [7, 11) is 11.3. The van der Waals surface area contributed by atoms with Crippen molar-refractivity contribution in [3.8, 4) is 5.88 Å². The molecule has 0 amide bonds. The molecule has 2 aromatic carbocycles. The Hall–Kier alpha value is -11.5. The Morgan fingerprint density at radius 3 is 1.53 bits per heavy atom. The number of ether oxygens (including phenoxy) is 1. The third-order valence-corrected chi connectivity index (χ3v) is 16.8. The molecule has 0 spiro atoms. The zero-order valence-corrected chi connectivity index (χ0v) is 59.6. The summed E-state index contributed by atoms with van der Waals surface area (Å²) < 4.78 is 18.6. The highest BCUT2D eigenvalue weighted by molar-refractivity contribution is 5.90. The van der Waals surface area contributed by atoms with Crippen molar-refractivity contribution in [2.45, 2.75) is 124 Å². The third kappa shape index (κ3) is 16.1. The first-order valence-electron chi connectivity index (χ1n) is 31.5. The minimum atomic E-state index is 0. The van der Waals surface area contributed by atoms with E-state index in [0.717, 1.165) is 97.1 Å². The van der Waals surface area contributed by atoms with Crippen LogP contribution in [0.3, 0.4) is 0 Å². The largest absolute Gasteiger partial charge is 0.479 e. The van der Waals surface area contributed by atoms with E-state index in [1.807, 2.05) is 133 Å². The van der Waals surface area contributed by atoms with Crippen molar-refractivity contribution in [3.05, 3.63) is 166 Å². The number of nitrogen functional groups attached to an aromatic ring is 4. The van der Waals surface area contributed by atoms with Gasteiger partial charge in [-0.1, -0.05) is 25.6 Å². The second kappa shape index (κ2) is 31.8. The molecule has 0 unspecified atom stereocenters. The number of benzene rings is 2. The van der Waals surface area contributed by atoms with Crippen LogP contribution in [0.1, 0.15) is 94.3 Å². The Morgan fingerprint density at radius 2 is 0.939 bits per heavy atom. The summed E-state index contributed by atoms with van der Waals surface area (Å²) >= 11 is 0. The van der Waals surface area contributed by atoms with Gasteiger partial charge >= 0.3 is 0 Å². The predicted molar refractivity (Wildman–Crippen MR) is 396 cm³/mol. The first-order valence-corrected chi connectivity index (χ1v) is 31.5. The van der Waals surface area contributed by atoms with E-state index in [1.54, 1.807) is 44.8 Å². The number of rotatable bonds is 3. The quantitative estimate of drug-likeness (QED) is 0.119. The number of imidazole rings is 5. The van der Waals surface area contributed by atoms with E-state index in [2.05, 4.69) is 162 Å². The molecule has 98 heavy (non-hydrogen) atoms. The summed E-state index contributed by atoms with van der Waals surface area (Å²) in [6, 6.07) is 10.4. The number of anilines is 4. The molecule has 27 nitrogen and oxygen atoms in total. The van der Waals surface area contributed by atoms with Crippen molar-refractivity contribution in [1.82, 2.24) is 107 Å². The summed E-state index contributed by atoms with van der Waals surface area (Å²) in [6.07, 6.45) is 17.7. The Labute approximate surface area is 571 Å². The van der Waals surface area contributed by atoms with Gasteiger partial charge in [-0.3, -0.25) is 0 Å². The van der Waals surface area contributed by atoms with E-state index in [0.29, 0.717) is 40.2 Å². The molecule has 8 N–H and O–H groups in total. The van der Waals surface area contributed by atoms with Crippen LogP contribution < -0.4 is 27.7 Å². The van der Waals surface area contributed by atoms with Crippen LogP contribution in [0.25, 0.3) is 77.5 Å². The Kier molecular flexibility index (Phi) is 24.0.